The van der Waals surface area contributed by atoms with Gasteiger partial charge >= 0.3 is 5.97 Å². The van der Waals surface area contributed by atoms with Gasteiger partial charge in [-0.05, 0) is 58.3 Å². The number of hydrogen-bond donors (Lipinski definition) is 1. The second-order valence-corrected chi connectivity index (χ2v) is 5.21. The van der Waals surface area contributed by atoms with E-state index in [0.29, 0.717) is 13.2 Å². The molecule has 0 radical (unpaired) electrons. The minimum atomic E-state index is -0.765. The van der Waals surface area contributed by atoms with Gasteiger partial charge in [-0.2, -0.15) is 0 Å². The first-order valence-electron chi connectivity index (χ1n) is 7.37. The Hall–Kier alpha value is -1.75. The minimum Gasteiger partial charge on any atom is -0.494 e. The summed E-state index contributed by atoms with van der Waals surface area (Å²) >= 11 is 0. The molecule has 0 aromatic heterocycles. The predicted molar refractivity (Wildman–Crippen MR) is 85.2 cm³/mol. The predicted octanol–water partition coefficient (Wildman–Crippen LogP) is 2.32. The van der Waals surface area contributed by atoms with Gasteiger partial charge in [0.1, 0.15) is 5.75 Å². The van der Waals surface area contributed by atoms with Crippen LogP contribution in [0.2, 0.25) is 0 Å². The highest BCUT2D eigenvalue weighted by Gasteiger charge is 2.09. The van der Waals surface area contributed by atoms with E-state index < -0.39 is 5.97 Å². The average Bonchev–Trinajstić information content (AvgIpc) is 2.43. The molecule has 0 heterocycles. The number of carbonyl (C=O) groups is 1. The van der Waals surface area contributed by atoms with Gasteiger partial charge in [0, 0.05) is 18.8 Å². The molecule has 0 amide bonds. The molecule has 1 aromatic rings. The lowest BCUT2D eigenvalue weighted by Crippen LogP contribution is -2.29. The average molecular weight is 294 g/mol. The fourth-order valence-corrected chi connectivity index (χ4v) is 2.10. The Morgan fingerprint density at radius 2 is 1.81 bits per heavy atom. The molecular formula is C16H26N2O3. The number of ether oxygens (including phenoxy) is 1. The van der Waals surface area contributed by atoms with Crippen LogP contribution >= 0.6 is 0 Å². The molecule has 0 saturated carbocycles. The molecule has 1 aromatic carbocycles. The van der Waals surface area contributed by atoms with E-state index in [1.165, 1.54) is 0 Å². The number of anilines is 1. The van der Waals surface area contributed by atoms with Crippen LogP contribution in [0.3, 0.4) is 0 Å². The number of benzene rings is 1. The van der Waals surface area contributed by atoms with Crippen molar-refractivity contribution >= 4 is 11.7 Å². The maximum atomic E-state index is 10.8. The van der Waals surface area contributed by atoms with E-state index in [0.717, 1.165) is 30.9 Å². The summed E-state index contributed by atoms with van der Waals surface area (Å²) in [5, 5.41) is 8.88. The smallest absolute Gasteiger partial charge is 0.305 e. The topological polar surface area (TPSA) is 53.0 Å². The molecule has 0 aliphatic rings. The molecule has 0 bridgehead atoms. The quantitative estimate of drug-likeness (QED) is 0.717. The van der Waals surface area contributed by atoms with E-state index in [2.05, 4.69) is 9.80 Å². The van der Waals surface area contributed by atoms with Crippen molar-refractivity contribution in [3.63, 3.8) is 0 Å². The molecule has 5 heteroatoms. The van der Waals surface area contributed by atoms with Gasteiger partial charge in [0.15, 0.2) is 0 Å². The lowest BCUT2D eigenvalue weighted by atomic mass is 10.2. The lowest BCUT2D eigenvalue weighted by Gasteiger charge is -2.25. The van der Waals surface area contributed by atoms with Crippen molar-refractivity contribution in [2.75, 3.05) is 45.2 Å². The summed E-state index contributed by atoms with van der Waals surface area (Å²) in [6, 6.07) is 7.84. The van der Waals surface area contributed by atoms with Crippen LogP contribution in [-0.4, -0.2) is 56.3 Å². The molecule has 0 aliphatic heterocycles. The number of carboxylic acid groups (broad SMARTS) is 1. The fourth-order valence-electron chi connectivity index (χ4n) is 2.10. The van der Waals surface area contributed by atoms with Crippen molar-refractivity contribution in [1.82, 2.24) is 4.90 Å². The van der Waals surface area contributed by atoms with Gasteiger partial charge in [-0.15, -0.1) is 0 Å². The highest BCUT2D eigenvalue weighted by molar-refractivity contribution is 5.67. The molecule has 0 spiro atoms. The Morgan fingerprint density at radius 1 is 1.14 bits per heavy atom. The van der Waals surface area contributed by atoms with Crippen molar-refractivity contribution in [3.05, 3.63) is 24.3 Å². The third kappa shape index (κ3) is 6.99. The molecular weight excluding hydrogens is 268 g/mol. The number of rotatable bonds is 10. The zero-order valence-corrected chi connectivity index (χ0v) is 13.2. The van der Waals surface area contributed by atoms with E-state index in [9.17, 15) is 4.79 Å². The van der Waals surface area contributed by atoms with Crippen molar-refractivity contribution in [1.29, 1.82) is 0 Å². The second kappa shape index (κ2) is 9.23. The summed E-state index contributed by atoms with van der Waals surface area (Å²) in [4.78, 5) is 15.1. The van der Waals surface area contributed by atoms with Gasteiger partial charge < -0.3 is 19.6 Å². The van der Waals surface area contributed by atoms with Crippen molar-refractivity contribution in [3.8, 4) is 5.75 Å². The van der Waals surface area contributed by atoms with E-state index >= 15 is 0 Å². The van der Waals surface area contributed by atoms with Gasteiger partial charge in [-0.3, -0.25) is 4.79 Å². The molecule has 0 saturated heterocycles. The van der Waals surface area contributed by atoms with E-state index in [1.807, 2.05) is 45.3 Å². The standard InChI is InChI=1S/C16H26N2O3/c1-4-21-15-8-6-14(7-9-15)18(13-10-16(19)20)12-5-11-17(2)3/h6-9H,4-5,10-13H2,1-3H3,(H,19,20). The van der Waals surface area contributed by atoms with Crippen LogP contribution in [0.1, 0.15) is 19.8 Å². The lowest BCUT2D eigenvalue weighted by molar-refractivity contribution is -0.136. The summed E-state index contributed by atoms with van der Waals surface area (Å²) < 4.78 is 5.43. The maximum absolute atomic E-state index is 10.8. The summed E-state index contributed by atoms with van der Waals surface area (Å²) in [6.45, 7) is 4.95. The van der Waals surface area contributed by atoms with Crippen LogP contribution in [0.15, 0.2) is 24.3 Å². The largest absolute Gasteiger partial charge is 0.494 e. The number of hydrogen-bond acceptors (Lipinski definition) is 4. The summed E-state index contributed by atoms with van der Waals surface area (Å²) in [6.07, 6.45) is 1.15. The van der Waals surface area contributed by atoms with Crippen LogP contribution in [0.5, 0.6) is 5.75 Å². The summed E-state index contributed by atoms with van der Waals surface area (Å²) in [5.41, 5.74) is 1.04. The van der Waals surface area contributed by atoms with Gasteiger partial charge in [-0.1, -0.05) is 0 Å². The van der Waals surface area contributed by atoms with E-state index in [4.69, 9.17) is 9.84 Å². The zero-order valence-electron chi connectivity index (χ0n) is 13.2. The molecule has 118 valence electrons. The fraction of sp³-hybridized carbons (Fsp3) is 0.562. The molecule has 0 unspecified atom stereocenters. The van der Waals surface area contributed by atoms with Crippen molar-refractivity contribution in [2.24, 2.45) is 0 Å². The summed E-state index contributed by atoms with van der Waals surface area (Å²) in [7, 11) is 4.08. The Balaban J connectivity index is 2.66. The second-order valence-electron chi connectivity index (χ2n) is 5.21. The van der Waals surface area contributed by atoms with Gasteiger partial charge in [0.05, 0.1) is 13.0 Å². The third-order valence-electron chi connectivity index (χ3n) is 3.14. The molecule has 1 N–H and O–H groups in total. The van der Waals surface area contributed by atoms with E-state index in [-0.39, 0.29) is 6.42 Å². The van der Waals surface area contributed by atoms with E-state index in [1.54, 1.807) is 0 Å². The first kappa shape index (κ1) is 17.3. The molecule has 1 rings (SSSR count). The molecule has 0 atom stereocenters. The Bertz CT molecular complexity index is 418. The first-order valence-corrected chi connectivity index (χ1v) is 7.37. The number of aliphatic carboxylic acids is 1. The summed E-state index contributed by atoms with van der Waals surface area (Å²) in [5.74, 6) is 0.0753. The van der Waals surface area contributed by atoms with Crippen LogP contribution in [0, 0.1) is 0 Å². The highest BCUT2D eigenvalue weighted by atomic mass is 16.5. The van der Waals surface area contributed by atoms with Gasteiger partial charge in [0.2, 0.25) is 0 Å². The Morgan fingerprint density at radius 3 is 2.33 bits per heavy atom. The zero-order chi connectivity index (χ0) is 15.7. The van der Waals surface area contributed by atoms with Gasteiger partial charge in [-0.25, -0.2) is 0 Å². The number of nitrogens with zero attached hydrogens (tertiary/aromatic N) is 2. The monoisotopic (exact) mass is 294 g/mol. The molecule has 21 heavy (non-hydrogen) atoms. The molecule has 5 nitrogen and oxygen atoms in total. The van der Waals surface area contributed by atoms with Crippen LogP contribution in [0.4, 0.5) is 5.69 Å². The van der Waals surface area contributed by atoms with Crippen molar-refractivity contribution in [2.45, 2.75) is 19.8 Å². The normalized spacial score (nSPS) is 10.7. The minimum absolute atomic E-state index is 0.148. The molecule has 0 aliphatic carbocycles. The third-order valence-corrected chi connectivity index (χ3v) is 3.14. The maximum Gasteiger partial charge on any atom is 0.305 e. The molecule has 0 fully saturated rings. The highest BCUT2D eigenvalue weighted by Crippen LogP contribution is 2.20. The Kier molecular flexibility index (Phi) is 7.61. The van der Waals surface area contributed by atoms with Gasteiger partial charge in [0.25, 0.3) is 0 Å². The number of carboxylic acids is 1. The SMILES string of the molecule is CCOc1ccc(N(CCCN(C)C)CCC(=O)O)cc1. The van der Waals surface area contributed by atoms with Crippen LogP contribution in [0.25, 0.3) is 0 Å². The van der Waals surface area contributed by atoms with Crippen molar-refractivity contribution < 1.29 is 14.6 Å². The Labute approximate surface area is 127 Å². The first-order chi connectivity index (χ1) is 10.0. The van der Waals surface area contributed by atoms with Crippen LogP contribution in [-0.2, 0) is 4.79 Å². The van der Waals surface area contributed by atoms with Crippen LogP contribution < -0.4 is 9.64 Å².